The summed E-state index contributed by atoms with van der Waals surface area (Å²) in [5, 5.41) is 6.78. The predicted octanol–water partition coefficient (Wildman–Crippen LogP) is 14.6. The molecule has 0 saturated carbocycles. The molecule has 13 aromatic rings. The number of benzene rings is 9. The second-order valence-corrected chi connectivity index (χ2v) is 15.9. The monoisotopic (exact) mass is 805 g/mol. The van der Waals surface area contributed by atoms with Crippen LogP contribution in [-0.2, 0) is 0 Å². The van der Waals surface area contributed by atoms with E-state index in [4.69, 9.17) is 19.4 Å². The molecule has 9 aromatic carbocycles. The lowest BCUT2D eigenvalue weighted by Crippen LogP contribution is -2.07. The molecule has 6 heteroatoms. The lowest BCUT2D eigenvalue weighted by Gasteiger charge is -2.16. The summed E-state index contributed by atoms with van der Waals surface area (Å²) < 4.78 is 11.4. The van der Waals surface area contributed by atoms with Gasteiger partial charge >= 0.3 is 0 Å². The Bertz CT molecular complexity index is 3820. The molecule has 0 unspecified atom stereocenters. The molecule has 0 aliphatic heterocycles. The van der Waals surface area contributed by atoms with Gasteiger partial charge < -0.3 is 8.98 Å². The number of rotatable bonds is 6. The van der Waals surface area contributed by atoms with Crippen molar-refractivity contribution in [3.63, 3.8) is 0 Å². The Labute approximate surface area is 361 Å². The van der Waals surface area contributed by atoms with E-state index in [1.54, 1.807) is 0 Å². The van der Waals surface area contributed by atoms with Gasteiger partial charge in [0.1, 0.15) is 11.2 Å². The maximum Gasteiger partial charge on any atom is 0.238 e. The molecular weight excluding hydrogens is 771 g/mol. The van der Waals surface area contributed by atoms with Crippen LogP contribution >= 0.6 is 0 Å². The fourth-order valence-corrected chi connectivity index (χ4v) is 9.65. The number of hydrogen-bond donors (Lipinski definition) is 0. The molecule has 13 rings (SSSR count). The van der Waals surface area contributed by atoms with Crippen LogP contribution in [0.15, 0.2) is 217 Å². The van der Waals surface area contributed by atoms with E-state index in [1.807, 2.05) is 18.2 Å². The molecule has 0 amide bonds. The van der Waals surface area contributed by atoms with Gasteiger partial charge in [-0.15, -0.1) is 0 Å². The Morgan fingerprint density at radius 3 is 1.35 bits per heavy atom. The summed E-state index contributed by atoms with van der Waals surface area (Å²) in [7, 11) is 0. The van der Waals surface area contributed by atoms with Gasteiger partial charge in [0, 0.05) is 54.7 Å². The van der Waals surface area contributed by atoms with Gasteiger partial charge in [-0.05, 0) is 59.2 Å². The van der Waals surface area contributed by atoms with E-state index < -0.39 is 0 Å². The van der Waals surface area contributed by atoms with Gasteiger partial charge in [0.25, 0.3) is 0 Å². The molecule has 63 heavy (non-hydrogen) atoms. The molecule has 0 aliphatic rings. The first-order valence-electron chi connectivity index (χ1n) is 21.2. The molecule has 4 aromatic heterocycles. The zero-order valence-electron chi connectivity index (χ0n) is 33.9. The van der Waals surface area contributed by atoms with Crippen molar-refractivity contribution in [1.29, 1.82) is 0 Å². The van der Waals surface area contributed by atoms with Crippen LogP contribution in [0.1, 0.15) is 0 Å². The standard InChI is InChI=1S/C57H35N5O/c1-2-18-36(19-3-1)38-20-4-6-27-45(38)55-58-56(60-57(59-55)62-51-31-15-10-24-42(51)43-25-11-16-32-52(43)62)46-28-7-5-21-39(46)47-34-37(35-48-44-26-12-17-33-53(44)63-54(47)48)61-49-29-13-8-22-40(49)41-23-9-14-30-50(41)61/h1-35H. The van der Waals surface area contributed by atoms with Crippen LogP contribution in [0.5, 0.6) is 0 Å². The Balaban J connectivity index is 1.11. The van der Waals surface area contributed by atoms with E-state index >= 15 is 0 Å². The Hall–Kier alpha value is -8.61. The van der Waals surface area contributed by atoms with Crippen LogP contribution in [0.25, 0.3) is 122 Å². The third kappa shape index (κ3) is 5.48. The summed E-state index contributed by atoms with van der Waals surface area (Å²) in [6.07, 6.45) is 0. The van der Waals surface area contributed by atoms with Gasteiger partial charge in [-0.2, -0.15) is 9.97 Å². The van der Waals surface area contributed by atoms with Crippen molar-refractivity contribution in [2.24, 2.45) is 0 Å². The number of aromatic nitrogens is 5. The van der Waals surface area contributed by atoms with E-state index in [2.05, 4.69) is 203 Å². The highest BCUT2D eigenvalue weighted by Crippen LogP contribution is 2.43. The molecule has 0 saturated heterocycles. The Morgan fingerprint density at radius 2 is 0.762 bits per heavy atom. The molecule has 294 valence electrons. The first kappa shape index (κ1) is 35.2. The quantitative estimate of drug-likeness (QED) is 0.168. The third-order valence-corrected chi connectivity index (χ3v) is 12.4. The number of nitrogens with zero attached hydrogens (tertiary/aromatic N) is 5. The van der Waals surface area contributed by atoms with Crippen LogP contribution in [-0.4, -0.2) is 24.1 Å². The van der Waals surface area contributed by atoms with Gasteiger partial charge in [0.2, 0.25) is 5.95 Å². The highest BCUT2D eigenvalue weighted by molar-refractivity contribution is 6.14. The summed E-state index contributed by atoms with van der Waals surface area (Å²) in [6.45, 7) is 0. The van der Waals surface area contributed by atoms with Crippen LogP contribution in [0.4, 0.5) is 0 Å². The maximum absolute atomic E-state index is 6.85. The van der Waals surface area contributed by atoms with Crippen molar-refractivity contribution in [1.82, 2.24) is 24.1 Å². The molecule has 4 heterocycles. The molecule has 0 radical (unpaired) electrons. The normalized spacial score (nSPS) is 11.8. The van der Waals surface area contributed by atoms with Gasteiger partial charge in [-0.1, -0.05) is 170 Å². The van der Waals surface area contributed by atoms with Gasteiger partial charge in [-0.3, -0.25) is 4.57 Å². The highest BCUT2D eigenvalue weighted by atomic mass is 16.3. The smallest absolute Gasteiger partial charge is 0.238 e. The fraction of sp³-hybridized carbons (Fsp3) is 0. The molecule has 0 N–H and O–H groups in total. The molecular formula is C57H35N5O. The first-order chi connectivity index (χ1) is 31.3. The maximum atomic E-state index is 6.85. The second kappa shape index (κ2) is 14.0. The lowest BCUT2D eigenvalue weighted by atomic mass is 9.96. The molecule has 0 spiro atoms. The minimum absolute atomic E-state index is 0.540. The Kier molecular flexibility index (Phi) is 7.80. The van der Waals surface area contributed by atoms with Gasteiger partial charge in [-0.25, -0.2) is 4.98 Å². The van der Waals surface area contributed by atoms with Crippen LogP contribution in [0.2, 0.25) is 0 Å². The van der Waals surface area contributed by atoms with E-state index in [1.165, 1.54) is 10.8 Å². The van der Waals surface area contributed by atoms with Crippen LogP contribution < -0.4 is 0 Å². The van der Waals surface area contributed by atoms with Gasteiger partial charge in [0.05, 0.1) is 22.1 Å². The van der Waals surface area contributed by atoms with Crippen molar-refractivity contribution < 1.29 is 4.42 Å². The first-order valence-corrected chi connectivity index (χ1v) is 21.2. The van der Waals surface area contributed by atoms with Crippen LogP contribution in [0, 0.1) is 0 Å². The summed E-state index contributed by atoms with van der Waals surface area (Å²) in [6, 6.07) is 74.3. The highest BCUT2D eigenvalue weighted by Gasteiger charge is 2.24. The van der Waals surface area contributed by atoms with E-state index in [-0.39, 0.29) is 0 Å². The van der Waals surface area contributed by atoms with Crippen LogP contribution in [0.3, 0.4) is 0 Å². The number of hydrogen-bond acceptors (Lipinski definition) is 4. The van der Waals surface area contributed by atoms with E-state index in [0.717, 1.165) is 93.8 Å². The molecule has 0 atom stereocenters. The van der Waals surface area contributed by atoms with E-state index in [0.29, 0.717) is 17.6 Å². The average Bonchev–Trinajstić information content (AvgIpc) is 4.02. The summed E-state index contributed by atoms with van der Waals surface area (Å²) in [5.74, 6) is 1.68. The Morgan fingerprint density at radius 1 is 0.317 bits per heavy atom. The second-order valence-electron chi connectivity index (χ2n) is 15.9. The summed E-state index contributed by atoms with van der Waals surface area (Å²) >= 11 is 0. The zero-order valence-corrected chi connectivity index (χ0v) is 33.9. The molecule has 6 nitrogen and oxygen atoms in total. The third-order valence-electron chi connectivity index (χ3n) is 12.4. The number of furan rings is 1. The fourth-order valence-electron chi connectivity index (χ4n) is 9.65. The van der Waals surface area contributed by atoms with Gasteiger partial charge in [0.15, 0.2) is 11.6 Å². The number of fused-ring (bicyclic) bond motifs is 9. The average molecular weight is 806 g/mol. The topological polar surface area (TPSA) is 61.7 Å². The van der Waals surface area contributed by atoms with Crippen molar-refractivity contribution >= 4 is 65.6 Å². The SMILES string of the molecule is c1ccc(-c2ccccc2-c2nc(-c3ccccc3-c3cc(-n4c5ccccc5c5ccccc54)cc4c3oc3ccccc34)nc(-n3c4ccccc4c4ccccc43)n2)cc1. The largest absolute Gasteiger partial charge is 0.455 e. The summed E-state index contributed by atoms with van der Waals surface area (Å²) in [5.41, 5.74) is 12.8. The lowest BCUT2D eigenvalue weighted by molar-refractivity contribution is 0.670. The zero-order chi connectivity index (χ0) is 41.4. The predicted molar refractivity (Wildman–Crippen MR) is 258 cm³/mol. The molecule has 0 bridgehead atoms. The number of para-hydroxylation sites is 5. The minimum atomic E-state index is 0.540. The van der Waals surface area contributed by atoms with E-state index in [9.17, 15) is 0 Å². The molecule has 0 fully saturated rings. The van der Waals surface area contributed by atoms with Crippen molar-refractivity contribution in [2.45, 2.75) is 0 Å². The van der Waals surface area contributed by atoms with Crippen molar-refractivity contribution in [3.05, 3.63) is 212 Å². The summed E-state index contributed by atoms with van der Waals surface area (Å²) in [4.78, 5) is 16.2. The van der Waals surface area contributed by atoms with Crippen molar-refractivity contribution in [3.8, 4) is 56.7 Å². The molecule has 0 aliphatic carbocycles. The van der Waals surface area contributed by atoms with Crippen molar-refractivity contribution in [2.75, 3.05) is 0 Å². The minimum Gasteiger partial charge on any atom is -0.455 e.